The standard InChI is InChI=1S/C21H28N4O/c1-16-11-23-21(19-7-4-10-22-12-19)25(16)15-18-13-24(14-18)20(26)9-8-17-5-2-3-6-17/h4,7,10-12,17-18H,2-3,5-6,8-9,13-15H2,1H3. The summed E-state index contributed by atoms with van der Waals surface area (Å²) in [6, 6.07) is 3.99. The van der Waals surface area contributed by atoms with Crippen molar-refractivity contribution >= 4 is 5.91 Å². The highest BCUT2D eigenvalue weighted by Gasteiger charge is 2.31. The van der Waals surface area contributed by atoms with Crippen LogP contribution in [0.1, 0.15) is 44.2 Å². The van der Waals surface area contributed by atoms with Crippen LogP contribution in [0.5, 0.6) is 0 Å². The van der Waals surface area contributed by atoms with Crippen molar-refractivity contribution < 1.29 is 4.79 Å². The van der Waals surface area contributed by atoms with Gasteiger partial charge in [-0.05, 0) is 31.4 Å². The largest absolute Gasteiger partial charge is 0.342 e. The monoisotopic (exact) mass is 352 g/mol. The smallest absolute Gasteiger partial charge is 0.222 e. The topological polar surface area (TPSA) is 51.0 Å². The van der Waals surface area contributed by atoms with E-state index >= 15 is 0 Å². The molecule has 0 atom stereocenters. The molecule has 5 nitrogen and oxygen atoms in total. The molecule has 0 radical (unpaired) electrons. The molecule has 1 aliphatic carbocycles. The second-order valence-electron chi connectivity index (χ2n) is 7.93. The number of likely N-dealkylation sites (tertiary alicyclic amines) is 1. The third-order valence-corrected chi connectivity index (χ3v) is 5.97. The number of carbonyl (C=O) groups excluding carboxylic acids is 1. The predicted molar refractivity (Wildman–Crippen MR) is 101 cm³/mol. The Morgan fingerprint density at radius 3 is 2.73 bits per heavy atom. The Labute approximate surface area is 155 Å². The first kappa shape index (κ1) is 17.3. The van der Waals surface area contributed by atoms with Crippen molar-refractivity contribution in [2.24, 2.45) is 11.8 Å². The molecule has 1 amide bonds. The Hall–Kier alpha value is -2.17. The minimum Gasteiger partial charge on any atom is -0.342 e. The maximum absolute atomic E-state index is 12.4. The number of aryl methyl sites for hydroxylation is 1. The molecular formula is C21H28N4O. The number of carbonyl (C=O) groups is 1. The van der Waals surface area contributed by atoms with Crippen molar-refractivity contribution in [2.45, 2.75) is 52.0 Å². The van der Waals surface area contributed by atoms with E-state index in [1.54, 1.807) is 6.20 Å². The summed E-state index contributed by atoms with van der Waals surface area (Å²) in [7, 11) is 0. The van der Waals surface area contributed by atoms with Crippen LogP contribution in [0.3, 0.4) is 0 Å². The first-order valence-electron chi connectivity index (χ1n) is 9.91. The summed E-state index contributed by atoms with van der Waals surface area (Å²) in [5, 5.41) is 0. The summed E-state index contributed by atoms with van der Waals surface area (Å²) in [6.45, 7) is 4.78. The van der Waals surface area contributed by atoms with Gasteiger partial charge in [0.05, 0.1) is 0 Å². The lowest BCUT2D eigenvalue weighted by atomic mass is 9.97. The minimum absolute atomic E-state index is 0.350. The lowest BCUT2D eigenvalue weighted by Crippen LogP contribution is -2.51. The Morgan fingerprint density at radius 2 is 2.00 bits per heavy atom. The van der Waals surface area contributed by atoms with E-state index in [1.807, 2.05) is 29.4 Å². The van der Waals surface area contributed by atoms with Gasteiger partial charge in [-0.1, -0.05) is 25.7 Å². The summed E-state index contributed by atoms with van der Waals surface area (Å²) in [5.74, 6) is 2.64. The van der Waals surface area contributed by atoms with Crippen molar-refractivity contribution in [1.29, 1.82) is 0 Å². The van der Waals surface area contributed by atoms with E-state index in [4.69, 9.17) is 0 Å². The number of rotatable bonds is 6. The molecule has 2 fully saturated rings. The second kappa shape index (κ2) is 7.60. The maximum Gasteiger partial charge on any atom is 0.222 e. The van der Waals surface area contributed by atoms with Crippen LogP contribution >= 0.6 is 0 Å². The van der Waals surface area contributed by atoms with Crippen LogP contribution in [0.25, 0.3) is 11.4 Å². The van der Waals surface area contributed by atoms with Gasteiger partial charge in [-0.25, -0.2) is 4.98 Å². The molecule has 2 aliphatic rings. The van der Waals surface area contributed by atoms with E-state index in [-0.39, 0.29) is 0 Å². The number of imidazole rings is 1. The summed E-state index contributed by atoms with van der Waals surface area (Å²) in [6.07, 6.45) is 12.8. The SMILES string of the molecule is Cc1cnc(-c2cccnc2)n1CC1CN(C(=O)CCC2CCCC2)C1. The molecule has 0 aromatic carbocycles. The number of hydrogen-bond acceptors (Lipinski definition) is 3. The van der Waals surface area contributed by atoms with Crippen molar-refractivity contribution in [3.63, 3.8) is 0 Å². The van der Waals surface area contributed by atoms with Crippen LogP contribution in [0.2, 0.25) is 0 Å². The highest BCUT2D eigenvalue weighted by Crippen LogP contribution is 2.30. The predicted octanol–water partition coefficient (Wildman–Crippen LogP) is 3.68. The fourth-order valence-corrected chi connectivity index (χ4v) is 4.35. The van der Waals surface area contributed by atoms with E-state index in [2.05, 4.69) is 21.5 Å². The fourth-order valence-electron chi connectivity index (χ4n) is 4.35. The van der Waals surface area contributed by atoms with Gasteiger partial charge in [-0.3, -0.25) is 9.78 Å². The zero-order valence-electron chi connectivity index (χ0n) is 15.6. The average Bonchev–Trinajstić information content (AvgIpc) is 3.26. The van der Waals surface area contributed by atoms with Gasteiger partial charge in [0.25, 0.3) is 0 Å². The van der Waals surface area contributed by atoms with E-state index in [0.717, 1.165) is 55.5 Å². The van der Waals surface area contributed by atoms with E-state index < -0.39 is 0 Å². The van der Waals surface area contributed by atoms with Gasteiger partial charge >= 0.3 is 0 Å². The van der Waals surface area contributed by atoms with Gasteiger partial charge in [0, 0.05) is 61.8 Å². The highest BCUT2D eigenvalue weighted by molar-refractivity contribution is 5.77. The summed E-state index contributed by atoms with van der Waals surface area (Å²) in [5.41, 5.74) is 2.21. The van der Waals surface area contributed by atoms with Gasteiger partial charge in [0.2, 0.25) is 5.91 Å². The molecule has 138 valence electrons. The van der Waals surface area contributed by atoms with Crippen LogP contribution < -0.4 is 0 Å². The lowest BCUT2D eigenvalue weighted by Gasteiger charge is -2.40. The molecule has 0 N–H and O–H groups in total. The molecule has 4 rings (SSSR count). The summed E-state index contributed by atoms with van der Waals surface area (Å²) >= 11 is 0. The maximum atomic E-state index is 12.4. The van der Waals surface area contributed by atoms with E-state index in [1.165, 1.54) is 25.7 Å². The number of nitrogens with zero attached hydrogens (tertiary/aromatic N) is 4. The average molecular weight is 352 g/mol. The van der Waals surface area contributed by atoms with Crippen molar-refractivity contribution in [3.8, 4) is 11.4 Å². The molecule has 3 heterocycles. The number of amides is 1. The van der Waals surface area contributed by atoms with Crippen LogP contribution in [0, 0.1) is 18.8 Å². The highest BCUT2D eigenvalue weighted by atomic mass is 16.2. The molecule has 1 saturated carbocycles. The molecule has 1 aliphatic heterocycles. The normalized spacial score (nSPS) is 18.3. The molecule has 0 unspecified atom stereocenters. The Bertz CT molecular complexity index is 743. The summed E-state index contributed by atoms with van der Waals surface area (Å²) in [4.78, 5) is 23.2. The summed E-state index contributed by atoms with van der Waals surface area (Å²) < 4.78 is 2.27. The van der Waals surface area contributed by atoms with Crippen molar-refractivity contribution in [1.82, 2.24) is 19.4 Å². The minimum atomic E-state index is 0.350. The van der Waals surface area contributed by atoms with Crippen molar-refractivity contribution in [3.05, 3.63) is 36.4 Å². The van der Waals surface area contributed by atoms with Gasteiger partial charge in [0.15, 0.2) is 0 Å². The molecular weight excluding hydrogens is 324 g/mol. The third kappa shape index (κ3) is 3.67. The Kier molecular flexibility index (Phi) is 5.05. The molecule has 5 heteroatoms. The molecule has 0 bridgehead atoms. The molecule has 0 spiro atoms. The lowest BCUT2D eigenvalue weighted by molar-refractivity contribution is -0.138. The Morgan fingerprint density at radius 1 is 1.19 bits per heavy atom. The van der Waals surface area contributed by atoms with E-state index in [9.17, 15) is 4.79 Å². The number of pyridine rings is 1. The first-order chi connectivity index (χ1) is 12.7. The van der Waals surface area contributed by atoms with Gasteiger partial charge in [-0.2, -0.15) is 0 Å². The third-order valence-electron chi connectivity index (χ3n) is 5.97. The number of hydrogen-bond donors (Lipinski definition) is 0. The number of aromatic nitrogens is 3. The van der Waals surface area contributed by atoms with Gasteiger partial charge in [-0.15, -0.1) is 0 Å². The Balaban J connectivity index is 1.30. The first-order valence-corrected chi connectivity index (χ1v) is 9.91. The molecule has 1 saturated heterocycles. The van der Waals surface area contributed by atoms with Crippen molar-refractivity contribution in [2.75, 3.05) is 13.1 Å². The second-order valence-corrected chi connectivity index (χ2v) is 7.93. The van der Waals surface area contributed by atoms with Crippen LogP contribution in [0.15, 0.2) is 30.7 Å². The van der Waals surface area contributed by atoms with Crippen LogP contribution in [-0.4, -0.2) is 38.4 Å². The molecule has 2 aromatic rings. The van der Waals surface area contributed by atoms with Crippen LogP contribution in [0.4, 0.5) is 0 Å². The zero-order valence-corrected chi connectivity index (χ0v) is 15.6. The van der Waals surface area contributed by atoms with Gasteiger partial charge < -0.3 is 9.47 Å². The molecule has 2 aromatic heterocycles. The fraction of sp³-hybridized carbons (Fsp3) is 0.571. The zero-order chi connectivity index (χ0) is 17.9. The van der Waals surface area contributed by atoms with E-state index in [0.29, 0.717) is 11.8 Å². The quantitative estimate of drug-likeness (QED) is 0.797. The van der Waals surface area contributed by atoms with Crippen LogP contribution in [-0.2, 0) is 11.3 Å². The van der Waals surface area contributed by atoms with Gasteiger partial charge in [0.1, 0.15) is 5.82 Å². The molecule has 26 heavy (non-hydrogen) atoms.